The number of hydrogen-bond acceptors (Lipinski definition) is 4. The minimum Gasteiger partial charge on any atom is -0.469 e. The molecule has 4 fully saturated rings. The minimum absolute atomic E-state index is 0.0867. The molecule has 0 saturated heterocycles. The number of fused-ring (bicyclic) bond motifs is 5. The molecule has 4 rings (SSSR count). The SMILES string of the molecule is COC(=O)CC[C@@H](C)[C@H]1CC[C@H]2[C@@H]3CCC4CCC(O)C(O)[C@]4(C)[C@H]3CC[C@]12C. The number of aliphatic hydroxyl groups is 2. The van der Waals surface area contributed by atoms with Gasteiger partial charge in [0.1, 0.15) is 0 Å². The van der Waals surface area contributed by atoms with Gasteiger partial charge in [0.25, 0.3) is 0 Å². The number of carbonyl (C=O) groups excluding carboxylic acids is 1. The van der Waals surface area contributed by atoms with E-state index in [-0.39, 0.29) is 11.4 Å². The molecule has 3 unspecified atom stereocenters. The number of aliphatic hydroxyl groups excluding tert-OH is 2. The molecule has 4 saturated carbocycles. The number of esters is 1. The summed E-state index contributed by atoms with van der Waals surface area (Å²) in [5, 5.41) is 21.5. The smallest absolute Gasteiger partial charge is 0.305 e. The van der Waals surface area contributed by atoms with E-state index in [4.69, 9.17) is 4.74 Å². The number of carbonyl (C=O) groups is 1. The third kappa shape index (κ3) is 3.28. The van der Waals surface area contributed by atoms with Crippen molar-refractivity contribution in [3.63, 3.8) is 0 Å². The molecule has 0 bridgehead atoms. The molecule has 4 nitrogen and oxygen atoms in total. The van der Waals surface area contributed by atoms with E-state index in [1.165, 1.54) is 45.6 Å². The maximum absolute atomic E-state index is 11.6. The first-order valence-corrected chi connectivity index (χ1v) is 12.2. The maximum atomic E-state index is 11.6. The Labute approximate surface area is 176 Å². The van der Waals surface area contributed by atoms with Crippen LogP contribution in [0.2, 0.25) is 0 Å². The lowest BCUT2D eigenvalue weighted by Crippen LogP contribution is -2.60. The Bertz CT molecular complexity index is 616. The van der Waals surface area contributed by atoms with Gasteiger partial charge < -0.3 is 14.9 Å². The van der Waals surface area contributed by atoms with Crippen LogP contribution in [0.3, 0.4) is 0 Å². The van der Waals surface area contributed by atoms with Crippen molar-refractivity contribution in [1.82, 2.24) is 0 Å². The van der Waals surface area contributed by atoms with Crippen LogP contribution in [-0.4, -0.2) is 35.5 Å². The molecule has 10 atom stereocenters. The van der Waals surface area contributed by atoms with Crippen LogP contribution in [0.5, 0.6) is 0 Å². The summed E-state index contributed by atoms with van der Waals surface area (Å²) in [5.41, 5.74) is 0.245. The van der Waals surface area contributed by atoms with E-state index < -0.39 is 12.2 Å². The molecule has 166 valence electrons. The van der Waals surface area contributed by atoms with Crippen LogP contribution < -0.4 is 0 Å². The van der Waals surface area contributed by atoms with Gasteiger partial charge >= 0.3 is 5.97 Å². The van der Waals surface area contributed by atoms with Crippen LogP contribution in [-0.2, 0) is 9.53 Å². The molecule has 0 aromatic carbocycles. The van der Waals surface area contributed by atoms with Gasteiger partial charge in [0.05, 0.1) is 19.3 Å². The zero-order valence-electron chi connectivity index (χ0n) is 18.9. The average Bonchev–Trinajstić information content (AvgIpc) is 3.06. The van der Waals surface area contributed by atoms with Crippen molar-refractivity contribution < 1.29 is 19.7 Å². The van der Waals surface area contributed by atoms with Crippen molar-refractivity contribution >= 4 is 5.97 Å². The van der Waals surface area contributed by atoms with E-state index in [0.29, 0.717) is 41.4 Å². The van der Waals surface area contributed by atoms with Gasteiger partial charge in [-0.25, -0.2) is 0 Å². The van der Waals surface area contributed by atoms with Crippen molar-refractivity contribution in [3.05, 3.63) is 0 Å². The first-order chi connectivity index (χ1) is 13.7. The monoisotopic (exact) mass is 406 g/mol. The molecule has 0 aliphatic heterocycles. The molecule has 4 heteroatoms. The number of ether oxygens (including phenoxy) is 1. The molecule has 4 aliphatic rings. The molecule has 0 aromatic heterocycles. The van der Waals surface area contributed by atoms with Gasteiger partial charge in [-0.15, -0.1) is 0 Å². The van der Waals surface area contributed by atoms with Crippen LogP contribution in [0, 0.1) is 46.3 Å². The molecular formula is C25H42O4. The zero-order valence-corrected chi connectivity index (χ0v) is 18.9. The molecule has 0 heterocycles. The summed E-state index contributed by atoms with van der Waals surface area (Å²) in [5.74, 6) is 3.69. The first-order valence-electron chi connectivity index (χ1n) is 12.2. The fourth-order valence-corrected chi connectivity index (χ4v) is 8.95. The fourth-order valence-electron chi connectivity index (χ4n) is 8.95. The summed E-state index contributed by atoms with van der Waals surface area (Å²) < 4.78 is 4.86. The molecule has 0 spiro atoms. The van der Waals surface area contributed by atoms with Crippen molar-refractivity contribution in [2.24, 2.45) is 46.3 Å². The van der Waals surface area contributed by atoms with E-state index >= 15 is 0 Å². The third-order valence-corrected chi connectivity index (χ3v) is 10.6. The van der Waals surface area contributed by atoms with Gasteiger partial charge in [0.15, 0.2) is 0 Å². The maximum Gasteiger partial charge on any atom is 0.305 e. The lowest BCUT2D eigenvalue weighted by molar-refractivity contribution is -0.196. The second-order valence-corrected chi connectivity index (χ2v) is 11.4. The number of hydrogen-bond donors (Lipinski definition) is 2. The predicted octanol–water partition coefficient (Wildman–Crippen LogP) is 4.57. The van der Waals surface area contributed by atoms with Crippen LogP contribution in [0.15, 0.2) is 0 Å². The second kappa shape index (κ2) is 7.82. The minimum atomic E-state index is -0.561. The van der Waals surface area contributed by atoms with E-state index in [9.17, 15) is 15.0 Å². The Morgan fingerprint density at radius 2 is 1.76 bits per heavy atom. The highest BCUT2D eigenvalue weighted by Crippen LogP contribution is 2.68. The van der Waals surface area contributed by atoms with Crippen LogP contribution in [0.4, 0.5) is 0 Å². The van der Waals surface area contributed by atoms with E-state index in [0.717, 1.165) is 25.2 Å². The molecule has 0 amide bonds. The van der Waals surface area contributed by atoms with Gasteiger partial charge in [-0.2, -0.15) is 0 Å². The Balaban J connectivity index is 1.52. The Morgan fingerprint density at radius 1 is 1.03 bits per heavy atom. The number of rotatable bonds is 4. The van der Waals surface area contributed by atoms with Gasteiger partial charge in [0, 0.05) is 11.8 Å². The largest absolute Gasteiger partial charge is 0.469 e. The van der Waals surface area contributed by atoms with Crippen molar-refractivity contribution in [2.45, 2.75) is 97.2 Å². The van der Waals surface area contributed by atoms with Crippen LogP contribution in [0.1, 0.15) is 85.0 Å². The quantitative estimate of drug-likeness (QED) is 0.671. The summed E-state index contributed by atoms with van der Waals surface area (Å²) >= 11 is 0. The molecule has 0 radical (unpaired) electrons. The van der Waals surface area contributed by atoms with Gasteiger partial charge in [0.2, 0.25) is 0 Å². The molecule has 2 N–H and O–H groups in total. The van der Waals surface area contributed by atoms with Crippen LogP contribution in [0.25, 0.3) is 0 Å². The van der Waals surface area contributed by atoms with Gasteiger partial charge in [-0.1, -0.05) is 20.8 Å². The fraction of sp³-hybridized carbons (Fsp3) is 0.960. The third-order valence-electron chi connectivity index (χ3n) is 10.6. The van der Waals surface area contributed by atoms with Crippen molar-refractivity contribution in [3.8, 4) is 0 Å². The topological polar surface area (TPSA) is 66.8 Å². The Hall–Kier alpha value is -0.610. The molecule has 0 aromatic rings. The molecule has 4 aliphatic carbocycles. The summed E-state index contributed by atoms with van der Waals surface area (Å²) in [6.45, 7) is 7.17. The Kier molecular flexibility index (Phi) is 5.83. The highest BCUT2D eigenvalue weighted by Gasteiger charge is 2.62. The van der Waals surface area contributed by atoms with Crippen molar-refractivity contribution in [2.75, 3.05) is 7.11 Å². The van der Waals surface area contributed by atoms with E-state index in [1.807, 2.05) is 0 Å². The van der Waals surface area contributed by atoms with E-state index in [2.05, 4.69) is 20.8 Å². The predicted molar refractivity (Wildman–Crippen MR) is 113 cm³/mol. The first kappa shape index (κ1) is 21.6. The zero-order chi connectivity index (χ0) is 21.0. The Morgan fingerprint density at radius 3 is 2.48 bits per heavy atom. The van der Waals surface area contributed by atoms with Crippen molar-refractivity contribution in [1.29, 1.82) is 0 Å². The van der Waals surface area contributed by atoms with Crippen LogP contribution >= 0.6 is 0 Å². The molecular weight excluding hydrogens is 364 g/mol. The average molecular weight is 407 g/mol. The summed E-state index contributed by atoms with van der Waals surface area (Å²) in [6.07, 6.45) is 9.71. The summed E-state index contributed by atoms with van der Waals surface area (Å²) in [4.78, 5) is 11.6. The lowest BCUT2D eigenvalue weighted by atomic mass is 9.43. The van der Waals surface area contributed by atoms with Gasteiger partial charge in [-0.3, -0.25) is 4.79 Å². The molecule has 29 heavy (non-hydrogen) atoms. The number of methoxy groups -OCH3 is 1. The standard InChI is InChI=1S/C25H42O4/c1-15(5-12-22(27)29-4)18-9-10-19-17-8-6-16-7-11-21(26)23(28)25(16,3)20(17)13-14-24(18,19)2/h15-21,23,26,28H,5-14H2,1-4H3/t15-,16?,17+,18-,19+,20+,21?,23?,24-,25+/m1/s1. The lowest BCUT2D eigenvalue weighted by Gasteiger charge is -2.62. The second-order valence-electron chi connectivity index (χ2n) is 11.4. The van der Waals surface area contributed by atoms with Gasteiger partial charge in [-0.05, 0) is 98.7 Å². The summed E-state index contributed by atoms with van der Waals surface area (Å²) in [7, 11) is 1.48. The highest BCUT2D eigenvalue weighted by molar-refractivity contribution is 5.69. The normalized spacial score (nSPS) is 50.2. The summed E-state index contributed by atoms with van der Waals surface area (Å²) in [6, 6.07) is 0. The van der Waals surface area contributed by atoms with E-state index in [1.54, 1.807) is 0 Å². The highest BCUT2D eigenvalue weighted by atomic mass is 16.5.